The quantitative estimate of drug-likeness (QED) is 0.490. The zero-order valence-corrected chi connectivity index (χ0v) is 20.0. The lowest BCUT2D eigenvalue weighted by Crippen LogP contribution is -2.43. The van der Waals surface area contributed by atoms with Crippen LogP contribution < -0.4 is 9.47 Å². The van der Waals surface area contributed by atoms with E-state index in [1.54, 1.807) is 6.07 Å². The van der Waals surface area contributed by atoms with E-state index < -0.39 is 18.2 Å². The predicted octanol–water partition coefficient (Wildman–Crippen LogP) is 5.83. The van der Waals surface area contributed by atoms with Gasteiger partial charge in [0.2, 0.25) is 11.5 Å². The van der Waals surface area contributed by atoms with Gasteiger partial charge in [0.05, 0.1) is 23.1 Å². The SMILES string of the molecule is COc1c(Cl)ccc(Cl)c1C(=O)OC1CCC2C(=O)C(Oc3cc(C)ccc3C)=COC2C1. The molecule has 2 aliphatic rings. The molecule has 0 amide bonds. The van der Waals surface area contributed by atoms with E-state index in [9.17, 15) is 9.59 Å². The van der Waals surface area contributed by atoms with Crippen molar-refractivity contribution >= 4 is 35.0 Å². The Morgan fingerprint density at radius 1 is 1.09 bits per heavy atom. The minimum absolute atomic E-state index is 0.0820. The summed E-state index contributed by atoms with van der Waals surface area (Å²) in [6, 6.07) is 8.89. The fourth-order valence-corrected chi connectivity index (χ4v) is 4.64. The van der Waals surface area contributed by atoms with Gasteiger partial charge in [0, 0.05) is 6.42 Å². The highest BCUT2D eigenvalue weighted by Crippen LogP contribution is 2.38. The zero-order valence-electron chi connectivity index (χ0n) is 18.5. The Bertz CT molecular complexity index is 1130. The molecular formula is C25H24Cl2O6. The Morgan fingerprint density at radius 3 is 2.61 bits per heavy atom. The first kappa shape index (κ1) is 23.5. The first-order chi connectivity index (χ1) is 15.8. The van der Waals surface area contributed by atoms with Gasteiger partial charge in [0.15, 0.2) is 5.75 Å². The number of halogens is 2. The Kier molecular flexibility index (Phi) is 6.86. The van der Waals surface area contributed by atoms with Crippen molar-refractivity contribution in [2.24, 2.45) is 5.92 Å². The van der Waals surface area contributed by atoms with Gasteiger partial charge in [-0.05, 0) is 56.0 Å². The number of hydrogen-bond acceptors (Lipinski definition) is 6. The van der Waals surface area contributed by atoms with Crippen LogP contribution in [0.4, 0.5) is 0 Å². The Labute approximate surface area is 202 Å². The normalized spacial score (nSPS) is 22.0. The van der Waals surface area contributed by atoms with Gasteiger partial charge in [-0.25, -0.2) is 4.79 Å². The average Bonchev–Trinajstić information content (AvgIpc) is 2.79. The van der Waals surface area contributed by atoms with Gasteiger partial charge in [0.1, 0.15) is 29.8 Å². The molecule has 0 saturated heterocycles. The van der Waals surface area contributed by atoms with Crippen molar-refractivity contribution in [2.75, 3.05) is 7.11 Å². The van der Waals surface area contributed by atoms with Crippen LogP contribution in [0.15, 0.2) is 42.4 Å². The van der Waals surface area contributed by atoms with E-state index in [4.69, 9.17) is 42.1 Å². The molecule has 0 radical (unpaired) electrons. The summed E-state index contributed by atoms with van der Waals surface area (Å²) in [5.41, 5.74) is 2.05. The molecule has 1 saturated carbocycles. The molecule has 4 rings (SSSR count). The van der Waals surface area contributed by atoms with E-state index >= 15 is 0 Å². The number of fused-ring (bicyclic) bond motifs is 1. The van der Waals surface area contributed by atoms with E-state index in [2.05, 4.69) is 0 Å². The van der Waals surface area contributed by atoms with Gasteiger partial charge in [-0.15, -0.1) is 0 Å². The molecule has 0 spiro atoms. The number of hydrogen-bond donors (Lipinski definition) is 0. The summed E-state index contributed by atoms with van der Waals surface area (Å²) >= 11 is 12.3. The molecule has 1 heterocycles. The maximum atomic E-state index is 13.0. The maximum Gasteiger partial charge on any atom is 0.343 e. The van der Waals surface area contributed by atoms with Crippen molar-refractivity contribution in [1.82, 2.24) is 0 Å². The molecule has 2 aromatic rings. The third-order valence-corrected chi connectivity index (χ3v) is 6.59. The number of esters is 1. The molecule has 0 bridgehead atoms. The standard InChI is InChI=1S/C25H24Cl2O6/c1-13-4-5-14(2)19(10-13)33-21-12-31-20-11-15(6-7-16(20)23(21)28)32-25(29)22-17(26)8-9-18(27)24(22)30-3/h4-5,8-10,12,15-16,20H,6-7,11H2,1-3H3. The third kappa shape index (κ3) is 4.82. The van der Waals surface area contributed by atoms with Crippen LogP contribution in [0.2, 0.25) is 10.0 Å². The van der Waals surface area contributed by atoms with Gasteiger partial charge in [0.25, 0.3) is 0 Å². The van der Waals surface area contributed by atoms with Crippen LogP contribution in [0.5, 0.6) is 11.5 Å². The fraction of sp³-hybridized carbons (Fsp3) is 0.360. The van der Waals surface area contributed by atoms with Crippen LogP contribution in [0.3, 0.4) is 0 Å². The second kappa shape index (κ2) is 9.65. The summed E-state index contributed by atoms with van der Waals surface area (Å²) in [5, 5.41) is 0.454. The number of aryl methyl sites for hydroxylation is 2. The van der Waals surface area contributed by atoms with Crippen LogP contribution in [0.1, 0.15) is 40.7 Å². The molecule has 1 fully saturated rings. The number of rotatable bonds is 5. The average molecular weight is 491 g/mol. The van der Waals surface area contributed by atoms with Crippen molar-refractivity contribution < 1.29 is 28.5 Å². The fourth-order valence-electron chi connectivity index (χ4n) is 4.18. The summed E-state index contributed by atoms with van der Waals surface area (Å²) in [6.45, 7) is 3.89. The first-order valence-corrected chi connectivity index (χ1v) is 11.4. The molecule has 33 heavy (non-hydrogen) atoms. The number of allylic oxidation sites excluding steroid dienone is 1. The molecule has 2 aromatic carbocycles. The number of carbonyl (C=O) groups is 2. The van der Waals surface area contributed by atoms with E-state index in [-0.39, 0.29) is 38.8 Å². The summed E-state index contributed by atoms with van der Waals surface area (Å²) in [5.74, 6) is -0.0872. The van der Waals surface area contributed by atoms with Crippen LogP contribution in [-0.2, 0) is 14.3 Å². The van der Waals surface area contributed by atoms with Gasteiger partial charge < -0.3 is 18.9 Å². The van der Waals surface area contributed by atoms with Crippen LogP contribution in [0.25, 0.3) is 0 Å². The van der Waals surface area contributed by atoms with Crippen molar-refractivity contribution in [2.45, 2.75) is 45.3 Å². The van der Waals surface area contributed by atoms with Crippen molar-refractivity contribution in [3.63, 3.8) is 0 Å². The minimum atomic E-state index is -0.626. The predicted molar refractivity (Wildman–Crippen MR) is 124 cm³/mol. The van der Waals surface area contributed by atoms with Gasteiger partial charge in [-0.3, -0.25) is 4.79 Å². The number of benzene rings is 2. The third-order valence-electron chi connectivity index (χ3n) is 5.98. The van der Waals surface area contributed by atoms with Crippen molar-refractivity contribution in [1.29, 1.82) is 0 Å². The van der Waals surface area contributed by atoms with E-state index in [1.165, 1.54) is 19.4 Å². The van der Waals surface area contributed by atoms with Crippen LogP contribution in [-0.4, -0.2) is 31.1 Å². The molecule has 0 N–H and O–H groups in total. The molecule has 3 unspecified atom stereocenters. The summed E-state index contributed by atoms with van der Waals surface area (Å²) < 4.78 is 22.7. The second-order valence-corrected chi connectivity index (χ2v) is 9.09. The van der Waals surface area contributed by atoms with Crippen molar-refractivity contribution in [3.8, 4) is 11.5 Å². The second-order valence-electron chi connectivity index (χ2n) is 8.28. The molecule has 8 heteroatoms. The lowest BCUT2D eigenvalue weighted by Gasteiger charge is -2.37. The van der Waals surface area contributed by atoms with E-state index in [1.807, 2.05) is 32.0 Å². The summed E-state index contributed by atoms with van der Waals surface area (Å²) in [7, 11) is 1.41. The number of ketones is 1. The molecule has 6 nitrogen and oxygen atoms in total. The maximum absolute atomic E-state index is 13.0. The van der Waals surface area contributed by atoms with E-state index in [0.29, 0.717) is 25.0 Å². The molecule has 1 aliphatic carbocycles. The molecule has 0 aromatic heterocycles. The minimum Gasteiger partial charge on any atom is -0.494 e. The number of Topliss-reactive ketones (excluding diaryl/α,β-unsaturated/α-hetero) is 1. The molecular weight excluding hydrogens is 467 g/mol. The lowest BCUT2D eigenvalue weighted by atomic mass is 9.80. The zero-order chi connectivity index (χ0) is 23.7. The highest BCUT2D eigenvalue weighted by atomic mass is 35.5. The van der Waals surface area contributed by atoms with Gasteiger partial charge >= 0.3 is 5.97 Å². The Morgan fingerprint density at radius 2 is 1.85 bits per heavy atom. The molecule has 3 atom stereocenters. The molecule has 174 valence electrons. The number of ether oxygens (including phenoxy) is 4. The summed E-state index contributed by atoms with van der Waals surface area (Å²) in [6.07, 6.45) is 1.95. The molecule has 1 aliphatic heterocycles. The summed E-state index contributed by atoms with van der Waals surface area (Å²) in [4.78, 5) is 25.9. The van der Waals surface area contributed by atoms with Crippen LogP contribution >= 0.6 is 23.2 Å². The van der Waals surface area contributed by atoms with Crippen molar-refractivity contribution in [3.05, 3.63) is 69.1 Å². The first-order valence-electron chi connectivity index (χ1n) is 10.7. The Balaban J connectivity index is 1.44. The number of methoxy groups -OCH3 is 1. The monoisotopic (exact) mass is 490 g/mol. The Hall–Kier alpha value is -2.70. The smallest absolute Gasteiger partial charge is 0.343 e. The van der Waals surface area contributed by atoms with Gasteiger partial charge in [-0.1, -0.05) is 35.3 Å². The van der Waals surface area contributed by atoms with E-state index in [0.717, 1.165) is 11.1 Å². The van der Waals surface area contributed by atoms with Gasteiger partial charge in [-0.2, -0.15) is 0 Å². The highest BCUT2D eigenvalue weighted by Gasteiger charge is 2.42. The lowest BCUT2D eigenvalue weighted by molar-refractivity contribution is -0.132. The number of carbonyl (C=O) groups excluding carboxylic acids is 2. The highest BCUT2D eigenvalue weighted by molar-refractivity contribution is 6.37. The largest absolute Gasteiger partial charge is 0.494 e. The topological polar surface area (TPSA) is 71.1 Å². The van der Waals surface area contributed by atoms with Crippen LogP contribution in [0, 0.1) is 19.8 Å².